The van der Waals surface area contributed by atoms with Gasteiger partial charge in [0.1, 0.15) is 6.54 Å². The lowest BCUT2D eigenvalue weighted by molar-refractivity contribution is -0.141. The zero-order valence-corrected chi connectivity index (χ0v) is 17.2. The maximum Gasteiger partial charge on any atom is 0.406 e. The Morgan fingerprint density at radius 1 is 1.23 bits per heavy atom. The number of carbonyl (C=O) groups is 1. The van der Waals surface area contributed by atoms with Gasteiger partial charge in [-0.15, -0.1) is 10.2 Å². The molecule has 0 bridgehead atoms. The van der Waals surface area contributed by atoms with Crippen molar-refractivity contribution in [2.45, 2.75) is 55.0 Å². The molecule has 0 saturated heterocycles. The van der Waals surface area contributed by atoms with Gasteiger partial charge in [-0.25, -0.2) is 0 Å². The zero-order valence-electron chi connectivity index (χ0n) is 14.7. The van der Waals surface area contributed by atoms with Crippen LogP contribution in [0.5, 0.6) is 0 Å². The number of alkyl halides is 3. The van der Waals surface area contributed by atoms with E-state index in [0.29, 0.717) is 21.3 Å². The molecule has 0 saturated carbocycles. The molecule has 2 aromatic heterocycles. The van der Waals surface area contributed by atoms with E-state index < -0.39 is 12.7 Å². The van der Waals surface area contributed by atoms with Crippen LogP contribution in [0.3, 0.4) is 0 Å². The molecule has 0 unspecified atom stereocenters. The predicted octanol–water partition coefficient (Wildman–Crippen LogP) is 5.39. The molecular formula is C16H20F3N3OS3. The summed E-state index contributed by atoms with van der Waals surface area (Å²) in [6.07, 6.45) is -2.09. The van der Waals surface area contributed by atoms with Gasteiger partial charge in [-0.05, 0) is 26.3 Å². The summed E-state index contributed by atoms with van der Waals surface area (Å²) in [7, 11) is 0. The van der Waals surface area contributed by atoms with Crippen LogP contribution in [0.2, 0.25) is 0 Å². The topological polar surface area (TPSA) is 47.8 Å². The maximum atomic E-state index is 12.7. The van der Waals surface area contributed by atoms with Crippen LogP contribution in [0.1, 0.15) is 41.5 Å². The van der Waals surface area contributed by atoms with Crippen LogP contribution in [0.25, 0.3) is 0 Å². The molecule has 2 rings (SSSR count). The van der Waals surface area contributed by atoms with E-state index in [9.17, 15) is 18.0 Å². The number of hydrogen-bond donors (Lipinski definition) is 0. The van der Waals surface area contributed by atoms with Gasteiger partial charge in [0, 0.05) is 22.7 Å². The number of unbranched alkanes of at least 4 members (excludes halogenated alkanes) is 1. The van der Waals surface area contributed by atoms with E-state index in [1.54, 1.807) is 25.6 Å². The summed E-state index contributed by atoms with van der Waals surface area (Å²) in [4.78, 5) is 12.4. The summed E-state index contributed by atoms with van der Waals surface area (Å²) in [5.74, 6) is 0.914. The Morgan fingerprint density at radius 3 is 2.50 bits per heavy atom. The zero-order chi connectivity index (χ0) is 19.3. The van der Waals surface area contributed by atoms with Crippen molar-refractivity contribution in [2.75, 3.05) is 11.5 Å². The molecule has 0 radical (unpaired) electrons. The van der Waals surface area contributed by atoms with E-state index in [-0.39, 0.29) is 11.5 Å². The van der Waals surface area contributed by atoms with E-state index in [0.717, 1.165) is 27.5 Å². The molecule has 0 N–H and O–H groups in total. The van der Waals surface area contributed by atoms with E-state index in [4.69, 9.17) is 0 Å². The third-order valence-electron chi connectivity index (χ3n) is 3.65. The lowest BCUT2D eigenvalue weighted by atomic mass is 10.2. The van der Waals surface area contributed by atoms with Crippen LogP contribution in [0.4, 0.5) is 13.2 Å². The number of Topliss-reactive ketones (excluding diaryl/α,β-unsaturated/α-hetero) is 1. The summed E-state index contributed by atoms with van der Waals surface area (Å²) in [6.45, 7) is 4.16. The van der Waals surface area contributed by atoms with Crippen molar-refractivity contribution in [3.63, 3.8) is 0 Å². The summed E-state index contributed by atoms with van der Waals surface area (Å²) in [6, 6.07) is 1.52. The highest BCUT2D eigenvalue weighted by atomic mass is 32.2. The van der Waals surface area contributed by atoms with Gasteiger partial charge in [0.25, 0.3) is 0 Å². The standard InChI is InChI=1S/C16H20F3N3OS3/c1-4-5-6-24-14-20-21-15(26-14)25-8-13(23)12-7-10(2)22(11(12)3)9-16(17,18)19/h7H,4-6,8-9H2,1-3H3. The van der Waals surface area contributed by atoms with Gasteiger partial charge < -0.3 is 4.57 Å². The highest BCUT2D eigenvalue weighted by Crippen LogP contribution is 2.30. The average Bonchev–Trinajstić information content (AvgIpc) is 3.11. The minimum Gasteiger partial charge on any atom is -0.339 e. The molecule has 0 atom stereocenters. The first-order chi connectivity index (χ1) is 12.2. The fraction of sp³-hybridized carbons (Fsp3) is 0.562. The lowest BCUT2D eigenvalue weighted by Crippen LogP contribution is -2.19. The van der Waals surface area contributed by atoms with Crippen molar-refractivity contribution in [2.24, 2.45) is 0 Å². The lowest BCUT2D eigenvalue weighted by Gasteiger charge is -2.12. The monoisotopic (exact) mass is 423 g/mol. The summed E-state index contributed by atoms with van der Waals surface area (Å²) < 4.78 is 40.7. The maximum absolute atomic E-state index is 12.7. The van der Waals surface area contributed by atoms with Crippen LogP contribution in [0.15, 0.2) is 14.7 Å². The third-order valence-corrected chi connectivity index (χ3v) is 6.93. The van der Waals surface area contributed by atoms with Crippen molar-refractivity contribution in [3.8, 4) is 0 Å². The Balaban J connectivity index is 1.97. The number of carbonyl (C=O) groups excluding carboxylic acids is 1. The third kappa shape index (κ3) is 6.02. The van der Waals surface area contributed by atoms with E-state index in [1.165, 1.54) is 29.2 Å². The quantitative estimate of drug-likeness (QED) is 0.308. The second-order valence-corrected chi connectivity index (χ2v) is 9.28. The molecule has 2 aromatic rings. The predicted molar refractivity (Wildman–Crippen MR) is 101 cm³/mol. The number of aryl methyl sites for hydroxylation is 1. The highest BCUT2D eigenvalue weighted by molar-refractivity contribution is 8.03. The first kappa shape index (κ1) is 21.3. The normalized spacial score (nSPS) is 11.9. The van der Waals surface area contributed by atoms with Crippen LogP contribution in [-0.2, 0) is 6.54 Å². The molecular weight excluding hydrogens is 403 g/mol. The van der Waals surface area contributed by atoms with E-state index in [2.05, 4.69) is 17.1 Å². The molecule has 0 aromatic carbocycles. The molecule has 0 amide bonds. The fourth-order valence-electron chi connectivity index (χ4n) is 2.33. The SMILES string of the molecule is CCCCSc1nnc(SCC(=O)c2cc(C)n(CC(F)(F)F)c2C)s1. The van der Waals surface area contributed by atoms with Gasteiger partial charge in [-0.2, -0.15) is 13.2 Å². The molecule has 4 nitrogen and oxygen atoms in total. The molecule has 0 spiro atoms. The number of aromatic nitrogens is 3. The Kier molecular flexibility index (Phi) is 7.60. The number of ketones is 1. The Morgan fingerprint density at radius 2 is 1.88 bits per heavy atom. The van der Waals surface area contributed by atoms with Gasteiger partial charge in [0.05, 0.1) is 5.75 Å². The van der Waals surface area contributed by atoms with Gasteiger partial charge in [0.15, 0.2) is 14.5 Å². The number of thioether (sulfide) groups is 2. The largest absolute Gasteiger partial charge is 0.406 e. The van der Waals surface area contributed by atoms with Gasteiger partial charge in [-0.3, -0.25) is 4.79 Å². The Hall–Kier alpha value is -1.00. The second-order valence-electron chi connectivity index (χ2n) is 5.73. The Labute approximate surface area is 163 Å². The second kappa shape index (κ2) is 9.27. The molecule has 0 aliphatic heterocycles. The Bertz CT molecular complexity index is 756. The van der Waals surface area contributed by atoms with Crippen LogP contribution < -0.4 is 0 Å². The van der Waals surface area contributed by atoms with Gasteiger partial charge in [-0.1, -0.05) is 48.2 Å². The smallest absolute Gasteiger partial charge is 0.339 e. The minimum absolute atomic E-state index is 0.130. The first-order valence-electron chi connectivity index (χ1n) is 8.07. The number of nitrogens with zero attached hydrogens (tertiary/aromatic N) is 3. The molecule has 26 heavy (non-hydrogen) atoms. The van der Waals surface area contributed by atoms with Gasteiger partial charge in [0.2, 0.25) is 0 Å². The van der Waals surface area contributed by atoms with Crippen molar-refractivity contribution >= 4 is 40.6 Å². The number of halogens is 3. The molecule has 0 fully saturated rings. The minimum atomic E-state index is -4.32. The highest BCUT2D eigenvalue weighted by Gasteiger charge is 2.30. The van der Waals surface area contributed by atoms with Crippen molar-refractivity contribution in [1.29, 1.82) is 0 Å². The molecule has 2 heterocycles. The van der Waals surface area contributed by atoms with Crippen LogP contribution in [0, 0.1) is 13.8 Å². The van der Waals surface area contributed by atoms with Crippen molar-refractivity contribution in [1.82, 2.24) is 14.8 Å². The fourth-order valence-corrected chi connectivity index (χ4v) is 5.39. The van der Waals surface area contributed by atoms with E-state index >= 15 is 0 Å². The summed E-state index contributed by atoms with van der Waals surface area (Å²) in [5, 5.41) is 8.14. The number of hydrogen-bond acceptors (Lipinski definition) is 6. The molecule has 0 aliphatic carbocycles. The van der Waals surface area contributed by atoms with Crippen molar-refractivity contribution in [3.05, 3.63) is 23.0 Å². The molecule has 10 heteroatoms. The van der Waals surface area contributed by atoms with Gasteiger partial charge >= 0.3 is 6.18 Å². The first-order valence-corrected chi connectivity index (χ1v) is 10.9. The summed E-state index contributed by atoms with van der Waals surface area (Å²) in [5.41, 5.74) is 1.11. The van der Waals surface area contributed by atoms with Crippen LogP contribution >= 0.6 is 34.9 Å². The number of rotatable bonds is 9. The molecule has 0 aliphatic rings. The summed E-state index contributed by atoms with van der Waals surface area (Å²) >= 11 is 4.36. The molecule has 144 valence electrons. The van der Waals surface area contributed by atoms with Crippen molar-refractivity contribution < 1.29 is 18.0 Å². The average molecular weight is 424 g/mol. The van der Waals surface area contributed by atoms with Crippen LogP contribution in [-0.4, -0.2) is 38.2 Å². The van der Waals surface area contributed by atoms with E-state index in [1.807, 2.05) is 0 Å².